The second-order valence-electron chi connectivity index (χ2n) is 7.03. The van der Waals surface area contributed by atoms with Gasteiger partial charge < -0.3 is 19.3 Å². The van der Waals surface area contributed by atoms with Gasteiger partial charge in [0, 0.05) is 18.6 Å². The molecule has 0 aromatic carbocycles. The van der Waals surface area contributed by atoms with Gasteiger partial charge in [0.2, 0.25) is 5.78 Å². The number of aliphatic hydroxyl groups is 1. The highest BCUT2D eigenvalue weighted by Gasteiger charge is 2.59. The Bertz CT molecular complexity index is 581. The number of aliphatic hydroxyl groups excluding tert-OH is 1. The van der Waals surface area contributed by atoms with E-state index < -0.39 is 22.7 Å². The minimum Gasteiger partial charge on any atom is -0.488 e. The third-order valence-electron chi connectivity index (χ3n) is 4.89. The molecule has 1 aliphatic heterocycles. The lowest BCUT2D eigenvalue weighted by atomic mass is 9.66. The van der Waals surface area contributed by atoms with Crippen LogP contribution in [0.4, 0.5) is 0 Å². The lowest BCUT2D eigenvalue weighted by Gasteiger charge is -2.40. The summed E-state index contributed by atoms with van der Waals surface area (Å²) < 4.78 is 17.4. The Morgan fingerprint density at radius 3 is 2.42 bits per heavy atom. The van der Waals surface area contributed by atoms with E-state index in [0.29, 0.717) is 24.5 Å². The van der Waals surface area contributed by atoms with Gasteiger partial charge >= 0.3 is 0 Å². The molecular weight excluding hydrogens is 308 g/mol. The first-order valence-corrected chi connectivity index (χ1v) is 8.40. The molecule has 0 amide bonds. The quantitative estimate of drug-likeness (QED) is 0.572. The van der Waals surface area contributed by atoms with Gasteiger partial charge in [-0.05, 0) is 32.9 Å². The van der Waals surface area contributed by atoms with Crippen molar-refractivity contribution < 1.29 is 24.1 Å². The number of hydrogen-bond acceptors (Lipinski definition) is 5. The standard InChI is InChI=1S/C19H28O5/c1-7-17(4,5)16-18(6,12-20)14-13(24-16)10-11-19(15(14)21,22-8-2)23-9-3/h7,10-11,16,20H,1,8-9,12H2,2-6H3/t16-,18-/m0/s1. The Hall–Kier alpha value is -1.43. The topological polar surface area (TPSA) is 65.0 Å². The van der Waals surface area contributed by atoms with Crippen LogP contribution < -0.4 is 0 Å². The summed E-state index contributed by atoms with van der Waals surface area (Å²) in [6.45, 7) is 13.7. The molecule has 0 saturated carbocycles. The molecule has 1 aliphatic carbocycles. The van der Waals surface area contributed by atoms with Gasteiger partial charge in [0.1, 0.15) is 11.9 Å². The molecule has 2 atom stereocenters. The van der Waals surface area contributed by atoms with Crippen molar-refractivity contribution in [3.05, 3.63) is 36.1 Å². The minimum atomic E-state index is -1.45. The van der Waals surface area contributed by atoms with Gasteiger partial charge in [-0.25, -0.2) is 0 Å². The molecule has 0 spiro atoms. The number of carbonyl (C=O) groups is 1. The minimum absolute atomic E-state index is 0.221. The van der Waals surface area contributed by atoms with E-state index in [1.54, 1.807) is 18.2 Å². The number of ketones is 1. The first-order valence-electron chi connectivity index (χ1n) is 8.40. The molecule has 0 radical (unpaired) electrons. The number of allylic oxidation sites excluding steroid dienone is 1. The Labute approximate surface area is 144 Å². The highest BCUT2D eigenvalue weighted by molar-refractivity contribution is 6.06. The molecule has 0 unspecified atom stereocenters. The van der Waals surface area contributed by atoms with Crippen molar-refractivity contribution in [3.8, 4) is 0 Å². The third-order valence-corrected chi connectivity index (χ3v) is 4.89. The van der Waals surface area contributed by atoms with Crippen LogP contribution in [-0.4, -0.2) is 42.6 Å². The summed E-state index contributed by atoms with van der Waals surface area (Å²) in [6, 6.07) is 0. The van der Waals surface area contributed by atoms with Crippen LogP contribution in [0.5, 0.6) is 0 Å². The molecule has 1 N–H and O–H groups in total. The number of rotatable bonds is 7. The number of ether oxygens (including phenoxy) is 3. The maximum absolute atomic E-state index is 13.3. The van der Waals surface area contributed by atoms with Gasteiger partial charge in [-0.2, -0.15) is 0 Å². The van der Waals surface area contributed by atoms with E-state index in [4.69, 9.17) is 14.2 Å². The van der Waals surface area contributed by atoms with E-state index in [2.05, 4.69) is 6.58 Å². The zero-order chi connectivity index (χ0) is 18.2. The first kappa shape index (κ1) is 18.9. The molecule has 24 heavy (non-hydrogen) atoms. The molecule has 0 saturated heterocycles. The fourth-order valence-electron chi connectivity index (χ4n) is 3.60. The van der Waals surface area contributed by atoms with Gasteiger partial charge in [0.25, 0.3) is 5.79 Å². The predicted molar refractivity (Wildman–Crippen MR) is 91.2 cm³/mol. The second kappa shape index (κ2) is 6.47. The van der Waals surface area contributed by atoms with Crippen LogP contribution in [-0.2, 0) is 19.0 Å². The molecule has 0 bridgehead atoms. The van der Waals surface area contributed by atoms with Crippen molar-refractivity contribution in [2.45, 2.75) is 46.5 Å². The normalized spacial score (nSPS) is 28.8. The van der Waals surface area contributed by atoms with Crippen molar-refractivity contribution in [1.29, 1.82) is 0 Å². The van der Waals surface area contributed by atoms with Gasteiger partial charge in [0.05, 0.1) is 17.6 Å². The molecule has 5 heteroatoms. The van der Waals surface area contributed by atoms with E-state index in [1.165, 1.54) is 0 Å². The summed E-state index contributed by atoms with van der Waals surface area (Å²) in [5.74, 6) is -1.27. The fourth-order valence-corrected chi connectivity index (χ4v) is 3.60. The SMILES string of the molecule is C=CC(C)(C)[C@@H]1OC2=C(C(=O)C(OCC)(OCC)C=C2)[C@]1(C)CO. The average Bonchev–Trinajstić information content (AvgIpc) is 2.86. The fraction of sp³-hybridized carbons (Fsp3) is 0.632. The van der Waals surface area contributed by atoms with E-state index in [-0.39, 0.29) is 12.4 Å². The van der Waals surface area contributed by atoms with Gasteiger partial charge in [0.15, 0.2) is 0 Å². The van der Waals surface area contributed by atoms with Gasteiger partial charge in [-0.1, -0.05) is 19.9 Å². The lowest BCUT2D eigenvalue weighted by Crippen LogP contribution is -2.50. The number of Topliss-reactive ketones (excluding diaryl/α,β-unsaturated/α-hetero) is 1. The van der Waals surface area contributed by atoms with Crippen molar-refractivity contribution >= 4 is 5.78 Å². The summed E-state index contributed by atoms with van der Waals surface area (Å²) in [4.78, 5) is 13.3. The van der Waals surface area contributed by atoms with Crippen LogP contribution in [0.25, 0.3) is 0 Å². The summed E-state index contributed by atoms with van der Waals surface area (Å²) in [7, 11) is 0. The molecule has 2 rings (SSSR count). The molecule has 134 valence electrons. The monoisotopic (exact) mass is 336 g/mol. The Morgan fingerprint density at radius 2 is 1.96 bits per heavy atom. The van der Waals surface area contributed by atoms with Crippen molar-refractivity contribution in [3.63, 3.8) is 0 Å². The Morgan fingerprint density at radius 1 is 1.38 bits per heavy atom. The maximum Gasteiger partial charge on any atom is 0.254 e. The lowest BCUT2D eigenvalue weighted by molar-refractivity contribution is -0.200. The second-order valence-corrected chi connectivity index (χ2v) is 7.03. The maximum atomic E-state index is 13.3. The van der Waals surface area contributed by atoms with Gasteiger partial charge in [-0.15, -0.1) is 6.58 Å². The largest absolute Gasteiger partial charge is 0.488 e. The third kappa shape index (κ3) is 2.65. The average molecular weight is 336 g/mol. The summed E-state index contributed by atoms with van der Waals surface area (Å²) in [5, 5.41) is 10.1. The van der Waals surface area contributed by atoms with E-state index in [9.17, 15) is 9.90 Å². The van der Waals surface area contributed by atoms with Crippen LogP contribution in [0.2, 0.25) is 0 Å². The number of carbonyl (C=O) groups excluding carboxylic acids is 1. The van der Waals surface area contributed by atoms with Crippen LogP contribution in [0.3, 0.4) is 0 Å². The van der Waals surface area contributed by atoms with E-state index in [1.807, 2.05) is 34.6 Å². The summed E-state index contributed by atoms with van der Waals surface area (Å²) in [6.07, 6.45) is 4.69. The Balaban J connectivity index is 2.52. The van der Waals surface area contributed by atoms with Crippen LogP contribution in [0, 0.1) is 10.8 Å². The molecule has 2 aliphatic rings. The molecule has 5 nitrogen and oxygen atoms in total. The smallest absolute Gasteiger partial charge is 0.254 e. The van der Waals surface area contributed by atoms with Crippen LogP contribution in [0.15, 0.2) is 36.1 Å². The molecule has 0 aromatic heterocycles. The first-order chi connectivity index (χ1) is 11.2. The number of hydrogen-bond donors (Lipinski definition) is 1. The van der Waals surface area contributed by atoms with Crippen molar-refractivity contribution in [2.75, 3.05) is 19.8 Å². The zero-order valence-corrected chi connectivity index (χ0v) is 15.2. The van der Waals surface area contributed by atoms with Crippen LogP contribution in [0.1, 0.15) is 34.6 Å². The van der Waals surface area contributed by atoms with Crippen LogP contribution >= 0.6 is 0 Å². The Kier molecular flexibility index (Phi) is 5.09. The molecule has 0 fully saturated rings. The molecular formula is C19H28O5. The highest BCUT2D eigenvalue weighted by Crippen LogP contribution is 2.52. The molecule has 1 heterocycles. The summed E-state index contributed by atoms with van der Waals surface area (Å²) in [5.41, 5.74) is -0.869. The molecule has 0 aromatic rings. The zero-order valence-electron chi connectivity index (χ0n) is 15.2. The van der Waals surface area contributed by atoms with Gasteiger partial charge in [-0.3, -0.25) is 4.79 Å². The summed E-state index contributed by atoms with van der Waals surface area (Å²) >= 11 is 0. The predicted octanol–water partition coefficient (Wildman–Crippen LogP) is 2.76. The highest BCUT2D eigenvalue weighted by atomic mass is 16.7. The van der Waals surface area contributed by atoms with E-state index in [0.717, 1.165) is 0 Å². The van der Waals surface area contributed by atoms with Crippen molar-refractivity contribution in [1.82, 2.24) is 0 Å². The van der Waals surface area contributed by atoms with Crippen molar-refractivity contribution in [2.24, 2.45) is 10.8 Å². The van der Waals surface area contributed by atoms with E-state index >= 15 is 0 Å².